The normalized spacial score (nSPS) is 21.5. The van der Waals surface area contributed by atoms with Crippen molar-refractivity contribution in [2.45, 2.75) is 38.3 Å². The van der Waals surface area contributed by atoms with Crippen molar-refractivity contribution in [1.82, 2.24) is 5.32 Å². The van der Waals surface area contributed by atoms with Gasteiger partial charge in [0, 0.05) is 17.1 Å². The van der Waals surface area contributed by atoms with E-state index in [1.165, 1.54) is 24.1 Å². The second-order valence-corrected chi connectivity index (χ2v) is 6.10. The van der Waals surface area contributed by atoms with Gasteiger partial charge < -0.3 is 15.3 Å². The zero-order valence-electron chi connectivity index (χ0n) is 11.7. The van der Waals surface area contributed by atoms with Gasteiger partial charge in [-0.25, -0.2) is 0 Å². The molecular weight excluding hydrogens is 304 g/mol. The van der Waals surface area contributed by atoms with Crippen LogP contribution in [0.1, 0.15) is 37.8 Å². The zero-order valence-corrected chi connectivity index (χ0v) is 13.3. The number of anilines is 1. The van der Waals surface area contributed by atoms with Crippen LogP contribution in [0.15, 0.2) is 22.7 Å². The standard InChI is InChI=1S/C15H23BrN2O/c1-11(17-2)12-6-7-15(14(16)9-12)18-8-4-3-5-13(18)10-19/h6-7,9,11,13,17,19H,3-5,8,10H2,1-2H3. The highest BCUT2D eigenvalue weighted by Gasteiger charge is 2.23. The van der Waals surface area contributed by atoms with Crippen molar-refractivity contribution in [2.24, 2.45) is 0 Å². The van der Waals surface area contributed by atoms with E-state index in [4.69, 9.17) is 0 Å². The number of halogens is 1. The number of nitrogens with one attached hydrogen (secondary N) is 1. The summed E-state index contributed by atoms with van der Waals surface area (Å²) in [6.07, 6.45) is 3.50. The van der Waals surface area contributed by atoms with Crippen molar-refractivity contribution >= 4 is 21.6 Å². The molecule has 2 rings (SSSR count). The fourth-order valence-electron chi connectivity index (χ4n) is 2.70. The average Bonchev–Trinajstić information content (AvgIpc) is 2.46. The molecule has 106 valence electrons. The highest BCUT2D eigenvalue weighted by atomic mass is 79.9. The Labute approximate surface area is 124 Å². The molecular formula is C15H23BrN2O. The quantitative estimate of drug-likeness (QED) is 0.892. The first-order chi connectivity index (χ1) is 9.17. The van der Waals surface area contributed by atoms with E-state index in [2.05, 4.69) is 51.3 Å². The Bertz CT molecular complexity index is 425. The number of hydrogen-bond donors (Lipinski definition) is 2. The largest absolute Gasteiger partial charge is 0.394 e. The summed E-state index contributed by atoms with van der Waals surface area (Å²) in [6.45, 7) is 3.42. The molecule has 1 heterocycles. The van der Waals surface area contributed by atoms with Crippen molar-refractivity contribution in [1.29, 1.82) is 0 Å². The van der Waals surface area contributed by atoms with Crippen molar-refractivity contribution in [3.8, 4) is 0 Å². The summed E-state index contributed by atoms with van der Waals surface area (Å²) in [5.41, 5.74) is 2.47. The highest BCUT2D eigenvalue weighted by molar-refractivity contribution is 9.10. The number of aliphatic hydroxyl groups is 1. The molecule has 0 amide bonds. The SMILES string of the molecule is CNC(C)c1ccc(N2CCCCC2CO)c(Br)c1. The monoisotopic (exact) mass is 326 g/mol. The molecule has 0 aromatic heterocycles. The Morgan fingerprint density at radius 2 is 2.26 bits per heavy atom. The second-order valence-electron chi connectivity index (χ2n) is 5.25. The lowest BCUT2D eigenvalue weighted by molar-refractivity contribution is 0.240. The molecule has 0 saturated carbocycles. The second kappa shape index (κ2) is 6.73. The molecule has 1 aliphatic rings. The van der Waals surface area contributed by atoms with Gasteiger partial charge >= 0.3 is 0 Å². The molecule has 2 N–H and O–H groups in total. The van der Waals surface area contributed by atoms with E-state index in [1.807, 2.05) is 7.05 Å². The summed E-state index contributed by atoms with van der Waals surface area (Å²) < 4.78 is 1.12. The fraction of sp³-hybridized carbons (Fsp3) is 0.600. The van der Waals surface area contributed by atoms with Gasteiger partial charge in [-0.15, -0.1) is 0 Å². The third kappa shape index (κ3) is 3.30. The lowest BCUT2D eigenvalue weighted by Crippen LogP contribution is -2.42. The lowest BCUT2D eigenvalue weighted by Gasteiger charge is -2.37. The third-order valence-corrected chi connectivity index (χ3v) is 4.69. The summed E-state index contributed by atoms with van der Waals surface area (Å²) >= 11 is 3.69. The first-order valence-corrected chi connectivity index (χ1v) is 7.81. The van der Waals surface area contributed by atoms with Crippen molar-refractivity contribution in [2.75, 3.05) is 25.1 Å². The fourth-order valence-corrected chi connectivity index (χ4v) is 3.32. The van der Waals surface area contributed by atoms with Crippen LogP contribution in [0.5, 0.6) is 0 Å². The number of aliphatic hydroxyl groups excluding tert-OH is 1. The van der Waals surface area contributed by atoms with Crippen LogP contribution in [0.3, 0.4) is 0 Å². The smallest absolute Gasteiger partial charge is 0.0635 e. The molecule has 1 saturated heterocycles. The van der Waals surface area contributed by atoms with Gasteiger partial charge in [0.25, 0.3) is 0 Å². The van der Waals surface area contributed by atoms with Crippen LogP contribution in [0.25, 0.3) is 0 Å². The summed E-state index contributed by atoms with van der Waals surface area (Å²) in [6, 6.07) is 7.13. The van der Waals surface area contributed by atoms with Gasteiger partial charge in [-0.2, -0.15) is 0 Å². The van der Waals surface area contributed by atoms with Crippen LogP contribution in [0.2, 0.25) is 0 Å². The maximum atomic E-state index is 9.53. The molecule has 2 unspecified atom stereocenters. The van der Waals surface area contributed by atoms with E-state index in [-0.39, 0.29) is 12.6 Å². The molecule has 1 aromatic carbocycles. The van der Waals surface area contributed by atoms with E-state index >= 15 is 0 Å². The minimum absolute atomic E-state index is 0.237. The van der Waals surface area contributed by atoms with E-state index in [0.717, 1.165) is 17.4 Å². The maximum Gasteiger partial charge on any atom is 0.0635 e. The predicted molar refractivity (Wildman–Crippen MR) is 83.7 cm³/mol. The Kier molecular flexibility index (Phi) is 5.25. The molecule has 19 heavy (non-hydrogen) atoms. The summed E-state index contributed by atoms with van der Waals surface area (Å²) in [5.74, 6) is 0. The third-order valence-electron chi connectivity index (χ3n) is 4.05. The van der Waals surface area contributed by atoms with Crippen molar-refractivity contribution in [3.63, 3.8) is 0 Å². The molecule has 4 heteroatoms. The highest BCUT2D eigenvalue weighted by Crippen LogP contribution is 2.33. The van der Waals surface area contributed by atoms with Gasteiger partial charge in [0.1, 0.15) is 0 Å². The van der Waals surface area contributed by atoms with Gasteiger partial charge in [-0.1, -0.05) is 6.07 Å². The molecule has 0 radical (unpaired) electrons. The summed E-state index contributed by atoms with van der Waals surface area (Å²) in [5, 5.41) is 12.8. The summed E-state index contributed by atoms with van der Waals surface area (Å²) in [7, 11) is 1.97. The zero-order chi connectivity index (χ0) is 13.8. The van der Waals surface area contributed by atoms with Crippen LogP contribution in [-0.2, 0) is 0 Å². The molecule has 0 bridgehead atoms. The lowest BCUT2D eigenvalue weighted by atomic mass is 10.0. The minimum Gasteiger partial charge on any atom is -0.394 e. The molecule has 0 spiro atoms. The Morgan fingerprint density at radius 3 is 2.89 bits per heavy atom. The van der Waals surface area contributed by atoms with Crippen LogP contribution >= 0.6 is 15.9 Å². The number of nitrogens with zero attached hydrogens (tertiary/aromatic N) is 1. The van der Waals surface area contributed by atoms with Crippen LogP contribution in [-0.4, -0.2) is 31.3 Å². The molecule has 1 aliphatic heterocycles. The first kappa shape index (κ1) is 14.8. The van der Waals surface area contributed by atoms with Crippen LogP contribution in [0, 0.1) is 0 Å². The molecule has 1 fully saturated rings. The van der Waals surface area contributed by atoms with Gasteiger partial charge in [0.2, 0.25) is 0 Å². The maximum absolute atomic E-state index is 9.53. The van der Waals surface area contributed by atoms with Gasteiger partial charge in [0.15, 0.2) is 0 Å². The summed E-state index contributed by atoms with van der Waals surface area (Å²) in [4.78, 5) is 2.33. The average molecular weight is 327 g/mol. The first-order valence-electron chi connectivity index (χ1n) is 7.01. The Balaban J connectivity index is 2.24. The Hall–Kier alpha value is -0.580. The molecule has 1 aromatic rings. The van der Waals surface area contributed by atoms with Crippen LogP contribution < -0.4 is 10.2 Å². The number of hydrogen-bond acceptors (Lipinski definition) is 3. The van der Waals surface area contributed by atoms with Crippen molar-refractivity contribution < 1.29 is 5.11 Å². The Morgan fingerprint density at radius 1 is 1.47 bits per heavy atom. The molecule has 3 nitrogen and oxygen atoms in total. The van der Waals surface area contributed by atoms with Crippen LogP contribution in [0.4, 0.5) is 5.69 Å². The van der Waals surface area contributed by atoms with E-state index in [0.29, 0.717) is 6.04 Å². The molecule has 0 aliphatic carbocycles. The molecule has 2 atom stereocenters. The van der Waals surface area contributed by atoms with E-state index in [1.54, 1.807) is 0 Å². The number of piperidine rings is 1. The van der Waals surface area contributed by atoms with Crippen molar-refractivity contribution in [3.05, 3.63) is 28.2 Å². The van der Waals surface area contributed by atoms with E-state index < -0.39 is 0 Å². The van der Waals surface area contributed by atoms with Gasteiger partial charge in [-0.05, 0) is 66.9 Å². The minimum atomic E-state index is 0.237. The number of rotatable bonds is 4. The predicted octanol–water partition coefficient (Wildman–Crippen LogP) is 3.08. The number of benzene rings is 1. The van der Waals surface area contributed by atoms with Gasteiger partial charge in [-0.3, -0.25) is 0 Å². The van der Waals surface area contributed by atoms with Gasteiger partial charge in [0.05, 0.1) is 18.3 Å². The topological polar surface area (TPSA) is 35.5 Å². The van der Waals surface area contributed by atoms with E-state index in [9.17, 15) is 5.11 Å².